The topological polar surface area (TPSA) is 33.5 Å². The maximum absolute atomic E-state index is 6.79. The van der Waals surface area contributed by atoms with E-state index < -0.39 is 0 Å². The third-order valence-corrected chi connectivity index (χ3v) is 14.1. The van der Waals surface area contributed by atoms with E-state index in [0.717, 1.165) is 50.3 Å². The molecule has 5 nitrogen and oxygen atoms in total. The standard InChI is InChI=1S/C64H61N4O.Pt/c1-61(2,3)49-35-50(62(4,5)6)37-52(36-49)66-42-59(44-21-14-11-15-22-44)67(43-66)51-27-20-28-53(40-51)69-54-30-31-55-56-38-47(63(7,8)45-23-16-12-17-24-45)29-32-57(56)68(58(55)41-54)60-39-48(33-34-65-60)64(9,10)46-25-18-13-19-26-46;/h11-39,42-43H,1-10H3;/q-3;. The van der Waals surface area contributed by atoms with E-state index in [-0.39, 0.29) is 42.7 Å². The van der Waals surface area contributed by atoms with Crippen molar-refractivity contribution in [2.24, 2.45) is 0 Å². The minimum Gasteiger partial charge on any atom is -0.509 e. The number of rotatable bonds is 10. The monoisotopic (exact) mass is 1100 g/mol. The third-order valence-electron chi connectivity index (χ3n) is 14.1. The molecule has 0 atom stereocenters. The molecule has 1 aliphatic rings. The number of hydrogen-bond donors (Lipinski definition) is 0. The number of ether oxygens (including phenoxy) is 1. The van der Waals surface area contributed by atoms with Gasteiger partial charge in [-0.3, -0.25) is 0 Å². The van der Waals surface area contributed by atoms with E-state index in [9.17, 15) is 0 Å². The van der Waals surface area contributed by atoms with Gasteiger partial charge in [-0.1, -0.05) is 184 Å². The summed E-state index contributed by atoms with van der Waals surface area (Å²) in [6, 6.07) is 67.9. The van der Waals surface area contributed by atoms with Gasteiger partial charge in [0, 0.05) is 66.5 Å². The summed E-state index contributed by atoms with van der Waals surface area (Å²) in [6.45, 7) is 25.0. The largest absolute Gasteiger partial charge is 0.509 e. The molecule has 9 aromatic rings. The van der Waals surface area contributed by atoms with Crippen molar-refractivity contribution in [3.8, 4) is 17.3 Å². The van der Waals surface area contributed by atoms with E-state index >= 15 is 0 Å². The number of hydrogen-bond acceptors (Lipinski definition) is 4. The van der Waals surface area contributed by atoms with Crippen LogP contribution < -0.4 is 14.5 Å². The summed E-state index contributed by atoms with van der Waals surface area (Å²) in [6.07, 6.45) is 4.15. The molecule has 356 valence electrons. The second-order valence-electron chi connectivity index (χ2n) is 21.6. The minimum atomic E-state index is -0.255. The van der Waals surface area contributed by atoms with Gasteiger partial charge in [-0.25, -0.2) is 4.98 Å². The maximum Gasteiger partial charge on any atom is 0.135 e. The fourth-order valence-corrected chi connectivity index (χ4v) is 9.53. The van der Waals surface area contributed by atoms with Crippen LogP contribution in [0.25, 0.3) is 33.3 Å². The molecule has 0 saturated carbocycles. The van der Waals surface area contributed by atoms with Crippen LogP contribution >= 0.6 is 0 Å². The Kier molecular flexibility index (Phi) is 12.8. The average Bonchev–Trinajstić information content (AvgIpc) is 3.94. The van der Waals surface area contributed by atoms with Crippen LogP contribution in [0.4, 0.5) is 11.4 Å². The molecule has 0 aliphatic carbocycles. The van der Waals surface area contributed by atoms with Crippen LogP contribution in [0.2, 0.25) is 0 Å². The van der Waals surface area contributed by atoms with Crippen molar-refractivity contribution in [1.82, 2.24) is 9.55 Å². The third kappa shape index (κ3) is 9.25. The average molecular weight is 1100 g/mol. The molecule has 0 unspecified atom stereocenters. The first-order chi connectivity index (χ1) is 32.9. The first kappa shape index (κ1) is 48.3. The molecule has 2 aromatic heterocycles. The molecule has 10 rings (SSSR count). The number of aromatic nitrogens is 2. The zero-order valence-electron chi connectivity index (χ0n) is 41.9. The minimum absolute atomic E-state index is 0. The van der Waals surface area contributed by atoms with Gasteiger partial charge < -0.3 is 19.1 Å². The number of benzene rings is 7. The number of pyridine rings is 1. The van der Waals surface area contributed by atoms with E-state index in [2.05, 4.69) is 260 Å². The zero-order chi connectivity index (χ0) is 48.3. The van der Waals surface area contributed by atoms with Crippen molar-refractivity contribution in [1.29, 1.82) is 0 Å². The van der Waals surface area contributed by atoms with Crippen molar-refractivity contribution in [2.45, 2.75) is 90.9 Å². The summed E-state index contributed by atoms with van der Waals surface area (Å²) in [5.74, 6) is 2.00. The van der Waals surface area contributed by atoms with Crippen LogP contribution in [-0.2, 0) is 42.7 Å². The van der Waals surface area contributed by atoms with Gasteiger partial charge in [-0.05, 0) is 91.7 Å². The van der Waals surface area contributed by atoms with Gasteiger partial charge >= 0.3 is 0 Å². The molecule has 0 radical (unpaired) electrons. The van der Waals surface area contributed by atoms with Crippen molar-refractivity contribution < 1.29 is 25.8 Å². The number of anilines is 2. The maximum atomic E-state index is 6.79. The summed E-state index contributed by atoms with van der Waals surface area (Å²) in [7, 11) is 0. The fraction of sp³-hybridized carbons (Fsp3) is 0.219. The first-order valence-electron chi connectivity index (χ1n) is 24.1. The molecular weight excluding hydrogens is 1040 g/mol. The molecule has 3 heterocycles. The molecule has 0 spiro atoms. The van der Waals surface area contributed by atoms with E-state index in [1.165, 1.54) is 33.4 Å². The summed E-state index contributed by atoms with van der Waals surface area (Å²) < 4.78 is 9.03. The summed E-state index contributed by atoms with van der Waals surface area (Å²) in [4.78, 5) is 9.50. The Balaban J connectivity index is 0.00000608. The Labute approximate surface area is 429 Å². The van der Waals surface area contributed by atoms with Crippen LogP contribution in [0.5, 0.6) is 11.5 Å². The van der Waals surface area contributed by atoms with Crippen molar-refractivity contribution >= 4 is 38.9 Å². The van der Waals surface area contributed by atoms with Gasteiger partial charge in [0.25, 0.3) is 0 Å². The molecule has 0 bridgehead atoms. The summed E-state index contributed by atoms with van der Waals surface area (Å²) in [5, 5.41) is 2.21. The predicted molar refractivity (Wildman–Crippen MR) is 287 cm³/mol. The Morgan fingerprint density at radius 3 is 1.70 bits per heavy atom. The van der Waals surface area contributed by atoms with Gasteiger partial charge in [-0.2, -0.15) is 12.1 Å². The van der Waals surface area contributed by atoms with Crippen molar-refractivity contribution in [3.63, 3.8) is 0 Å². The van der Waals surface area contributed by atoms with Crippen LogP contribution in [0, 0.1) is 18.8 Å². The molecule has 0 N–H and O–H groups in total. The van der Waals surface area contributed by atoms with E-state index in [1.807, 2.05) is 24.4 Å². The Morgan fingerprint density at radius 2 is 1.09 bits per heavy atom. The van der Waals surface area contributed by atoms with Gasteiger partial charge in [0.2, 0.25) is 0 Å². The number of fused-ring (bicyclic) bond motifs is 3. The molecular formula is C64H61N4OPt-3. The SMILES string of the molecule is CC(C)(C)c1cc(N2C=C(c3ccccc3)N(c3[c-]c(Oc4[c-]c5c(cc4)c4cc(C(C)(C)c6ccccc6)ccc4n5-c4cc(C(C)(C)c5ccccc5)ccn4)ccc3)[CH-]2)cc(C(C)(C)C)c1.[Pt]. The van der Waals surface area contributed by atoms with Crippen LogP contribution in [0.1, 0.15) is 108 Å². The Hall–Kier alpha value is -6.68. The summed E-state index contributed by atoms with van der Waals surface area (Å²) in [5.41, 5.74) is 13.1. The van der Waals surface area contributed by atoms with Gasteiger partial charge in [-0.15, -0.1) is 48.1 Å². The van der Waals surface area contributed by atoms with Crippen molar-refractivity contribution in [3.05, 3.63) is 240 Å². The molecule has 6 heteroatoms. The van der Waals surface area contributed by atoms with Gasteiger partial charge in [0.05, 0.1) is 0 Å². The van der Waals surface area contributed by atoms with Crippen LogP contribution in [0.3, 0.4) is 0 Å². The smallest absolute Gasteiger partial charge is 0.135 e. The zero-order valence-corrected chi connectivity index (χ0v) is 44.2. The Morgan fingerprint density at radius 1 is 0.500 bits per heavy atom. The molecule has 0 amide bonds. The Bertz CT molecular complexity index is 3320. The second kappa shape index (κ2) is 18.6. The molecule has 0 fully saturated rings. The van der Waals surface area contributed by atoms with E-state index in [0.29, 0.717) is 11.5 Å². The second-order valence-corrected chi connectivity index (χ2v) is 21.6. The van der Waals surface area contributed by atoms with E-state index in [4.69, 9.17) is 9.72 Å². The predicted octanol–water partition coefficient (Wildman–Crippen LogP) is 16.3. The van der Waals surface area contributed by atoms with Gasteiger partial charge in [0.15, 0.2) is 0 Å². The fourth-order valence-electron chi connectivity index (χ4n) is 9.53. The van der Waals surface area contributed by atoms with Crippen molar-refractivity contribution in [2.75, 3.05) is 9.80 Å². The molecule has 0 saturated heterocycles. The molecule has 1 aliphatic heterocycles. The van der Waals surface area contributed by atoms with E-state index in [1.54, 1.807) is 0 Å². The molecule has 7 aromatic carbocycles. The van der Waals surface area contributed by atoms with Crippen LogP contribution in [-0.4, -0.2) is 9.55 Å². The number of nitrogens with zero attached hydrogens (tertiary/aromatic N) is 4. The van der Waals surface area contributed by atoms with Gasteiger partial charge in [0.1, 0.15) is 5.82 Å². The quantitative estimate of drug-likeness (QED) is 0.128. The summed E-state index contributed by atoms with van der Waals surface area (Å²) >= 11 is 0. The normalized spacial score (nSPS) is 13.4. The molecule has 70 heavy (non-hydrogen) atoms. The first-order valence-corrected chi connectivity index (χ1v) is 24.1. The van der Waals surface area contributed by atoms with Crippen LogP contribution in [0.15, 0.2) is 182 Å².